The molecule has 1 fully saturated rings. The van der Waals surface area contributed by atoms with Crippen molar-refractivity contribution in [3.05, 3.63) is 90.5 Å². The molecule has 56 heavy (non-hydrogen) atoms. The fraction of sp³-hybridized carbons (Fsp3) is 0.500. The zero-order valence-electron chi connectivity index (χ0n) is 32.5. The van der Waals surface area contributed by atoms with Crippen LogP contribution < -0.4 is 9.47 Å². The number of hydrogen-bond donors (Lipinski definition) is 3. The van der Waals surface area contributed by atoms with E-state index in [-0.39, 0.29) is 70.4 Å². The maximum absolute atomic E-state index is 13.8. The molecule has 0 spiro atoms. The zero-order valence-corrected chi connectivity index (χ0v) is 32.5. The molecule has 6 rings (SSSR count). The quantitative estimate of drug-likeness (QED) is 0.0625. The number of aliphatic hydroxyl groups excluding tert-OH is 3. The summed E-state index contributed by atoms with van der Waals surface area (Å²) >= 11 is 0. The first-order valence-corrected chi connectivity index (χ1v) is 19.7. The highest BCUT2D eigenvalue weighted by molar-refractivity contribution is 6.03. The highest BCUT2D eigenvalue weighted by Crippen LogP contribution is 2.62. The summed E-state index contributed by atoms with van der Waals surface area (Å²) in [7, 11) is 2.85. The number of amides is 1. The lowest BCUT2D eigenvalue weighted by Gasteiger charge is -2.59. The maximum Gasteiger partial charge on any atom is 0.410 e. The summed E-state index contributed by atoms with van der Waals surface area (Å²) in [5.74, 6) is 0.00404. The van der Waals surface area contributed by atoms with Crippen LogP contribution in [0.5, 0.6) is 17.2 Å². The van der Waals surface area contributed by atoms with Crippen LogP contribution in [0, 0.1) is 17.8 Å². The molecule has 12 nitrogen and oxygen atoms in total. The summed E-state index contributed by atoms with van der Waals surface area (Å²) in [6.45, 7) is 4.54. The van der Waals surface area contributed by atoms with Gasteiger partial charge in [-0.2, -0.15) is 0 Å². The number of aliphatic hydroxyl groups is 3. The second kappa shape index (κ2) is 19.6. The topological polar surface area (TPSA) is 149 Å². The van der Waals surface area contributed by atoms with Gasteiger partial charge in [-0.1, -0.05) is 60.5 Å². The number of oxime groups is 1. The first-order chi connectivity index (χ1) is 27.4. The molecule has 12 heteroatoms. The molecule has 1 amide bonds. The van der Waals surface area contributed by atoms with E-state index in [1.165, 1.54) is 14.2 Å². The van der Waals surface area contributed by atoms with Crippen molar-refractivity contribution in [1.29, 1.82) is 0 Å². The van der Waals surface area contributed by atoms with Gasteiger partial charge in [0.15, 0.2) is 0 Å². The number of carbonyl (C=O) groups excluding carboxylic acids is 1. The smallest absolute Gasteiger partial charge is 0.410 e. The standard InChI is InChI=1S/C44H56N2O10/c1-4-23-54-44-40(46(43(50)51-2)19-24-53-25-22-49)29-38(45-52-3)36-27-32(13-7-9-20-47)35(14-8-10-21-48)41(42(36)44)37-28-34(17-18-39(37)56-44)55-33-16-15-30-11-5-6-12-31(30)26-33/h4-6,11-12,15-18,26-28,32,35,40-42,47-49H,1,7-10,13-14,19-25,29H2,2-3H3/t32-,35+,40-,41+,42+,44+/m0/s1. The number of benzene rings is 3. The average Bonchev–Trinajstić information content (AvgIpc) is 3.22. The number of carbonyl (C=O) groups is 1. The van der Waals surface area contributed by atoms with E-state index in [1.54, 1.807) is 11.0 Å². The number of hydrogen-bond acceptors (Lipinski definition) is 11. The fourth-order valence-corrected chi connectivity index (χ4v) is 9.01. The van der Waals surface area contributed by atoms with Crippen LogP contribution in [0.25, 0.3) is 10.8 Å². The fourth-order valence-electron chi connectivity index (χ4n) is 9.01. The number of ether oxygens (including phenoxy) is 5. The Bertz CT molecular complexity index is 1850. The Hall–Kier alpha value is -4.46. The molecule has 0 saturated heterocycles. The molecule has 3 aromatic rings. The average molecular weight is 773 g/mol. The second-order valence-corrected chi connectivity index (χ2v) is 14.6. The van der Waals surface area contributed by atoms with E-state index >= 15 is 0 Å². The third kappa shape index (κ3) is 8.74. The van der Waals surface area contributed by atoms with Gasteiger partial charge in [0.1, 0.15) is 30.4 Å². The van der Waals surface area contributed by atoms with Crippen molar-refractivity contribution in [2.24, 2.45) is 22.9 Å². The van der Waals surface area contributed by atoms with Crippen molar-refractivity contribution < 1.29 is 48.6 Å². The number of nitrogens with zero attached hydrogens (tertiary/aromatic N) is 2. The van der Waals surface area contributed by atoms with Gasteiger partial charge in [-0.3, -0.25) is 4.90 Å². The Morgan fingerprint density at radius 2 is 1.70 bits per heavy atom. The molecule has 0 radical (unpaired) electrons. The van der Waals surface area contributed by atoms with Gasteiger partial charge in [-0.15, -0.1) is 6.58 Å². The van der Waals surface area contributed by atoms with Crippen LogP contribution >= 0.6 is 0 Å². The van der Waals surface area contributed by atoms with Gasteiger partial charge in [-0.05, 0) is 84.2 Å². The maximum atomic E-state index is 13.8. The van der Waals surface area contributed by atoms with Crippen molar-refractivity contribution in [2.75, 3.05) is 60.4 Å². The van der Waals surface area contributed by atoms with Crippen LogP contribution in [0.2, 0.25) is 0 Å². The number of methoxy groups -OCH3 is 1. The number of fused-ring (bicyclic) bond motifs is 3. The van der Waals surface area contributed by atoms with Gasteiger partial charge in [0.2, 0.25) is 5.79 Å². The predicted octanol–water partition coefficient (Wildman–Crippen LogP) is 6.97. The predicted molar refractivity (Wildman–Crippen MR) is 213 cm³/mol. The van der Waals surface area contributed by atoms with E-state index < -0.39 is 23.8 Å². The summed E-state index contributed by atoms with van der Waals surface area (Å²) in [5, 5.41) is 35.9. The molecule has 2 aliphatic carbocycles. The van der Waals surface area contributed by atoms with Gasteiger partial charge in [0.25, 0.3) is 0 Å². The molecule has 3 aliphatic rings. The van der Waals surface area contributed by atoms with Gasteiger partial charge >= 0.3 is 6.09 Å². The molecule has 1 saturated carbocycles. The van der Waals surface area contributed by atoms with Crippen LogP contribution in [0.4, 0.5) is 4.79 Å². The van der Waals surface area contributed by atoms with Crippen LogP contribution in [0.1, 0.15) is 56.4 Å². The van der Waals surface area contributed by atoms with E-state index in [1.807, 2.05) is 42.5 Å². The molecule has 0 aromatic heterocycles. The number of unbranched alkanes of at least 4 members (excludes halogenated alkanes) is 2. The van der Waals surface area contributed by atoms with Crippen molar-refractivity contribution in [3.8, 4) is 17.2 Å². The molecule has 3 aromatic carbocycles. The van der Waals surface area contributed by atoms with E-state index in [9.17, 15) is 20.1 Å². The summed E-state index contributed by atoms with van der Waals surface area (Å²) in [6.07, 6.45) is 8.21. The van der Waals surface area contributed by atoms with E-state index in [0.29, 0.717) is 35.8 Å². The molecular weight excluding hydrogens is 716 g/mol. The summed E-state index contributed by atoms with van der Waals surface area (Å²) in [4.78, 5) is 20.9. The highest BCUT2D eigenvalue weighted by atomic mass is 16.7. The van der Waals surface area contributed by atoms with Gasteiger partial charge in [0, 0.05) is 37.7 Å². The van der Waals surface area contributed by atoms with Crippen LogP contribution in [-0.2, 0) is 19.0 Å². The Kier molecular flexibility index (Phi) is 14.4. The van der Waals surface area contributed by atoms with Gasteiger partial charge in [0.05, 0.1) is 45.2 Å². The Morgan fingerprint density at radius 3 is 2.43 bits per heavy atom. The van der Waals surface area contributed by atoms with Gasteiger partial charge < -0.3 is 43.8 Å². The summed E-state index contributed by atoms with van der Waals surface area (Å²) < 4.78 is 31.7. The molecule has 3 N–H and O–H groups in total. The largest absolute Gasteiger partial charge is 0.459 e. The van der Waals surface area contributed by atoms with E-state index in [4.69, 9.17) is 28.5 Å². The number of rotatable bonds is 20. The molecule has 0 unspecified atom stereocenters. The first-order valence-electron chi connectivity index (χ1n) is 19.7. The minimum absolute atomic E-state index is 0.0567. The Balaban J connectivity index is 1.54. The number of allylic oxidation sites excluding steroid dienone is 1. The second-order valence-electron chi connectivity index (χ2n) is 14.6. The van der Waals surface area contributed by atoms with Gasteiger partial charge in [-0.25, -0.2) is 4.79 Å². The van der Waals surface area contributed by atoms with Crippen LogP contribution in [0.15, 0.2) is 90.1 Å². The van der Waals surface area contributed by atoms with E-state index in [2.05, 4.69) is 36.0 Å². The molecule has 0 bridgehead atoms. The Morgan fingerprint density at radius 1 is 0.946 bits per heavy atom. The molecule has 1 heterocycles. The normalized spacial score (nSPS) is 24.4. The summed E-state index contributed by atoms with van der Waals surface area (Å²) in [5.41, 5.74) is 2.55. The minimum atomic E-state index is -1.43. The van der Waals surface area contributed by atoms with Crippen molar-refractivity contribution in [1.82, 2.24) is 4.90 Å². The first kappa shape index (κ1) is 41.2. The SMILES string of the molecule is C=CCO[C@@]12Oc3ccc(Oc4ccc5ccccc5c4)cc3[C@H]3[C@H](CCCCO)[C@@H](CCCCO)C=C(C(=NOC)C[C@@H]1N(CCOCCO)C(=O)OC)[C@H]32. The molecule has 6 atom stereocenters. The lowest BCUT2D eigenvalue weighted by molar-refractivity contribution is -0.255. The zero-order chi connectivity index (χ0) is 39.5. The van der Waals surface area contributed by atoms with Crippen molar-refractivity contribution in [3.63, 3.8) is 0 Å². The third-order valence-electron chi connectivity index (χ3n) is 11.3. The minimum Gasteiger partial charge on any atom is -0.459 e. The lowest BCUT2D eigenvalue weighted by atomic mass is 9.55. The third-order valence-corrected chi connectivity index (χ3v) is 11.3. The lowest BCUT2D eigenvalue weighted by Crippen LogP contribution is -2.70. The van der Waals surface area contributed by atoms with E-state index in [0.717, 1.165) is 47.6 Å². The molecular formula is C44H56N2O10. The van der Waals surface area contributed by atoms with Crippen LogP contribution in [-0.4, -0.2) is 104 Å². The van der Waals surface area contributed by atoms with Crippen molar-refractivity contribution >= 4 is 22.6 Å². The molecule has 302 valence electrons. The highest BCUT2D eigenvalue weighted by Gasteiger charge is 2.65. The Labute approximate surface area is 329 Å². The van der Waals surface area contributed by atoms with Crippen LogP contribution in [0.3, 0.4) is 0 Å². The summed E-state index contributed by atoms with van der Waals surface area (Å²) in [6, 6.07) is 19.3. The van der Waals surface area contributed by atoms with Crippen molar-refractivity contribution in [2.45, 2.75) is 62.7 Å². The molecule has 1 aliphatic heterocycles. The monoisotopic (exact) mass is 772 g/mol.